The first-order valence-electron chi connectivity index (χ1n) is 8.66. The highest BCUT2D eigenvalue weighted by Gasteiger charge is 2.34. The molecule has 0 saturated carbocycles. The quantitative estimate of drug-likeness (QED) is 0.384. The van der Waals surface area contributed by atoms with Gasteiger partial charge < -0.3 is 9.47 Å². The molecule has 0 atom stereocenters. The van der Waals surface area contributed by atoms with Gasteiger partial charge in [0.05, 0.1) is 5.56 Å². The Morgan fingerprint density at radius 3 is 2.35 bits per heavy atom. The van der Waals surface area contributed by atoms with Gasteiger partial charge in [0.1, 0.15) is 18.2 Å². The molecule has 0 radical (unpaired) electrons. The molecule has 5 nitrogen and oxygen atoms in total. The number of imidazole rings is 1. The van der Waals surface area contributed by atoms with Crippen LogP contribution >= 0.6 is 0 Å². The van der Waals surface area contributed by atoms with Crippen LogP contribution < -0.4 is 9.47 Å². The molecule has 0 unspecified atom stereocenters. The number of rotatable bonds is 5. The van der Waals surface area contributed by atoms with Gasteiger partial charge in [0.25, 0.3) is 0 Å². The molecule has 2 aromatic carbocycles. The average molecular weight is 439 g/mol. The third-order valence-corrected chi connectivity index (χ3v) is 4.14. The van der Waals surface area contributed by atoms with Crippen LogP contribution in [0.2, 0.25) is 0 Å². The minimum Gasteiger partial charge on any atom is -0.473 e. The van der Waals surface area contributed by atoms with Crippen LogP contribution in [0.1, 0.15) is 11.1 Å². The molecule has 0 aliphatic rings. The monoisotopic (exact) mass is 439 g/mol. The number of nitrogens with zero attached hydrogens (tertiary/aromatic N) is 3. The number of fused-ring (bicyclic) bond motifs is 1. The normalized spacial score (nSPS) is 11.7. The molecule has 11 heteroatoms. The van der Waals surface area contributed by atoms with Crippen LogP contribution in [0, 0.1) is 17.5 Å². The van der Waals surface area contributed by atoms with Crippen LogP contribution in [0.15, 0.2) is 55.0 Å². The zero-order valence-corrected chi connectivity index (χ0v) is 15.3. The van der Waals surface area contributed by atoms with Crippen molar-refractivity contribution in [2.45, 2.75) is 12.8 Å². The molecular formula is C20H11F6N3O2. The largest absolute Gasteiger partial charge is 0.473 e. The topological polar surface area (TPSA) is 48.7 Å². The van der Waals surface area contributed by atoms with Crippen molar-refractivity contribution in [3.63, 3.8) is 0 Å². The molecule has 4 rings (SSSR count). The van der Waals surface area contributed by atoms with E-state index in [-0.39, 0.29) is 18.1 Å². The molecule has 2 heterocycles. The predicted octanol–water partition coefficient (Wildman–Crippen LogP) is 5.54. The second-order valence-electron chi connectivity index (χ2n) is 6.32. The lowest BCUT2D eigenvalue weighted by atomic mass is 10.2. The molecule has 0 saturated heterocycles. The lowest BCUT2D eigenvalue weighted by Crippen LogP contribution is -2.08. The van der Waals surface area contributed by atoms with E-state index in [4.69, 9.17) is 9.47 Å². The van der Waals surface area contributed by atoms with Crippen LogP contribution in [-0.2, 0) is 12.8 Å². The third-order valence-electron chi connectivity index (χ3n) is 4.14. The molecule has 0 spiro atoms. The van der Waals surface area contributed by atoms with E-state index in [1.165, 1.54) is 12.3 Å². The maximum Gasteiger partial charge on any atom is 0.419 e. The van der Waals surface area contributed by atoms with E-state index >= 15 is 0 Å². The summed E-state index contributed by atoms with van der Waals surface area (Å²) in [4.78, 5) is 8.08. The first-order chi connectivity index (χ1) is 14.7. The Kier molecular flexibility index (Phi) is 5.17. The lowest BCUT2D eigenvalue weighted by Gasteiger charge is -2.13. The van der Waals surface area contributed by atoms with Gasteiger partial charge in [-0.25, -0.2) is 18.2 Å². The standard InChI is InChI=1S/C20H11F6N3O2/c21-14-2-1-12(9-13(14)20(24,25)26)31-18-15(22)7-11(8-16(18)23)10-30-17-3-5-29-6-4-27-19(29)28-17/h1-9H,10H2. The third kappa shape index (κ3) is 4.39. The molecule has 0 bridgehead atoms. The lowest BCUT2D eigenvalue weighted by molar-refractivity contribution is -0.140. The zero-order chi connectivity index (χ0) is 22.2. The Morgan fingerprint density at radius 2 is 1.65 bits per heavy atom. The summed E-state index contributed by atoms with van der Waals surface area (Å²) in [5.41, 5.74) is -1.53. The molecule has 2 aromatic heterocycles. The van der Waals surface area contributed by atoms with E-state index in [0.717, 1.165) is 18.2 Å². The fourth-order valence-corrected chi connectivity index (χ4v) is 2.72. The Bertz CT molecular complexity index is 1230. The van der Waals surface area contributed by atoms with Crippen LogP contribution in [0.5, 0.6) is 17.4 Å². The van der Waals surface area contributed by atoms with Crippen molar-refractivity contribution in [3.05, 3.63) is 83.6 Å². The molecule has 0 aliphatic carbocycles. The van der Waals surface area contributed by atoms with Crippen molar-refractivity contribution in [1.29, 1.82) is 0 Å². The molecule has 160 valence electrons. The number of hydrogen-bond acceptors (Lipinski definition) is 4. The highest BCUT2D eigenvalue weighted by Crippen LogP contribution is 2.36. The second kappa shape index (κ2) is 7.82. The molecule has 0 N–H and O–H groups in total. The van der Waals surface area contributed by atoms with Crippen molar-refractivity contribution in [1.82, 2.24) is 14.4 Å². The van der Waals surface area contributed by atoms with Crippen LogP contribution in [-0.4, -0.2) is 14.4 Å². The van der Waals surface area contributed by atoms with E-state index in [1.807, 2.05) is 0 Å². The Balaban J connectivity index is 1.52. The van der Waals surface area contributed by atoms with Gasteiger partial charge in [0, 0.05) is 24.7 Å². The number of hydrogen-bond donors (Lipinski definition) is 0. The van der Waals surface area contributed by atoms with Crippen molar-refractivity contribution < 1.29 is 35.8 Å². The summed E-state index contributed by atoms with van der Waals surface area (Å²) in [5, 5.41) is 0. The SMILES string of the molecule is Fc1ccc(Oc2c(F)cc(COc3ccn4ccnc4n3)cc2F)cc1C(F)(F)F. The summed E-state index contributed by atoms with van der Waals surface area (Å²) in [6.07, 6.45) is -0.140. The Morgan fingerprint density at radius 1 is 0.903 bits per heavy atom. The van der Waals surface area contributed by atoms with Gasteiger partial charge in [-0.3, -0.25) is 4.40 Å². The molecule has 4 aromatic rings. The fourth-order valence-electron chi connectivity index (χ4n) is 2.72. The summed E-state index contributed by atoms with van der Waals surface area (Å²) >= 11 is 0. The van der Waals surface area contributed by atoms with Crippen LogP contribution in [0.25, 0.3) is 5.78 Å². The summed E-state index contributed by atoms with van der Waals surface area (Å²) in [6, 6.07) is 4.99. The van der Waals surface area contributed by atoms with E-state index in [2.05, 4.69) is 9.97 Å². The van der Waals surface area contributed by atoms with E-state index in [1.54, 1.807) is 16.8 Å². The summed E-state index contributed by atoms with van der Waals surface area (Å²) in [6.45, 7) is -0.243. The maximum absolute atomic E-state index is 14.4. The van der Waals surface area contributed by atoms with Gasteiger partial charge >= 0.3 is 6.18 Å². The number of halogens is 6. The second-order valence-corrected chi connectivity index (χ2v) is 6.32. The van der Waals surface area contributed by atoms with Gasteiger partial charge in [0.15, 0.2) is 17.4 Å². The number of benzene rings is 2. The van der Waals surface area contributed by atoms with Crippen molar-refractivity contribution in [2.75, 3.05) is 0 Å². The van der Waals surface area contributed by atoms with Gasteiger partial charge in [-0.15, -0.1) is 0 Å². The van der Waals surface area contributed by atoms with Crippen LogP contribution in [0.4, 0.5) is 26.3 Å². The van der Waals surface area contributed by atoms with Gasteiger partial charge in [-0.05, 0) is 35.9 Å². The zero-order valence-electron chi connectivity index (χ0n) is 15.3. The van der Waals surface area contributed by atoms with Crippen molar-refractivity contribution >= 4 is 5.78 Å². The summed E-state index contributed by atoms with van der Waals surface area (Å²) in [7, 11) is 0. The molecule has 31 heavy (non-hydrogen) atoms. The molecule has 0 aliphatic heterocycles. The van der Waals surface area contributed by atoms with E-state index < -0.39 is 40.7 Å². The highest BCUT2D eigenvalue weighted by molar-refractivity contribution is 5.38. The van der Waals surface area contributed by atoms with Crippen molar-refractivity contribution in [3.8, 4) is 17.4 Å². The average Bonchev–Trinajstić information content (AvgIpc) is 3.17. The van der Waals surface area contributed by atoms with E-state index in [9.17, 15) is 26.3 Å². The smallest absolute Gasteiger partial charge is 0.419 e. The van der Waals surface area contributed by atoms with E-state index in [0.29, 0.717) is 17.9 Å². The molecule has 0 amide bonds. The van der Waals surface area contributed by atoms with Gasteiger partial charge in [-0.1, -0.05) is 0 Å². The highest BCUT2D eigenvalue weighted by atomic mass is 19.4. The van der Waals surface area contributed by atoms with Crippen LogP contribution in [0.3, 0.4) is 0 Å². The molecule has 0 fully saturated rings. The fraction of sp³-hybridized carbons (Fsp3) is 0.100. The molecular weight excluding hydrogens is 428 g/mol. The van der Waals surface area contributed by atoms with Gasteiger partial charge in [-0.2, -0.15) is 18.2 Å². The predicted molar refractivity (Wildman–Crippen MR) is 95.2 cm³/mol. The minimum atomic E-state index is -4.99. The number of aromatic nitrogens is 3. The minimum absolute atomic E-state index is 0.0856. The van der Waals surface area contributed by atoms with Crippen molar-refractivity contribution in [2.24, 2.45) is 0 Å². The maximum atomic E-state index is 14.4. The summed E-state index contributed by atoms with van der Waals surface area (Å²) < 4.78 is 92.4. The Hall–Kier alpha value is -3.76. The number of ether oxygens (including phenoxy) is 2. The first-order valence-corrected chi connectivity index (χ1v) is 8.66. The number of alkyl halides is 3. The summed E-state index contributed by atoms with van der Waals surface area (Å²) in [5.74, 6) is -4.84. The first kappa shape index (κ1) is 20.5. The van der Waals surface area contributed by atoms with Gasteiger partial charge in [0.2, 0.25) is 11.7 Å². The Labute approximate surface area is 170 Å².